The summed E-state index contributed by atoms with van der Waals surface area (Å²) in [5.74, 6) is -1.01. The quantitative estimate of drug-likeness (QED) is 0.300. The molecule has 2 atom stereocenters. The number of aromatic hydroxyl groups is 1. The average Bonchev–Trinajstić information content (AvgIpc) is 2.71. The molecule has 0 aliphatic rings. The minimum absolute atomic E-state index is 0.0957. The molecule has 0 spiro atoms. The smallest absolute Gasteiger partial charge is 0.331 e. The van der Waals surface area contributed by atoms with Gasteiger partial charge in [-0.2, -0.15) is 0 Å². The Labute approximate surface area is 203 Å². The number of esters is 1. The third kappa shape index (κ3) is 6.13. The van der Waals surface area contributed by atoms with Crippen molar-refractivity contribution in [3.8, 4) is 17.2 Å². The standard InChI is InChI=1S/C21H24Br2NO7P/c1-5-30-19(27)20(2,3)24-18(26)13-10-12(6-7-16(13)25)31-17-14(22)8-11(9-15(17)23)21(4,28)32-29/h6-10,25,28H,5,32H2,1-4H3,(H,24,26). The first-order valence-corrected chi connectivity index (χ1v) is 12.1. The molecule has 2 rings (SSSR count). The normalized spacial score (nSPS) is 13.6. The second-order valence-corrected chi connectivity index (χ2v) is 10.7. The molecule has 0 bridgehead atoms. The molecule has 3 N–H and O–H groups in total. The van der Waals surface area contributed by atoms with Crippen LogP contribution < -0.4 is 10.1 Å². The van der Waals surface area contributed by atoms with Crippen LogP contribution in [0.4, 0.5) is 0 Å². The second-order valence-electron chi connectivity index (χ2n) is 7.62. The Balaban J connectivity index is 2.33. The Morgan fingerprint density at radius 1 is 1.12 bits per heavy atom. The van der Waals surface area contributed by atoms with Gasteiger partial charge in [0.25, 0.3) is 5.91 Å². The molecule has 0 fully saturated rings. The highest BCUT2D eigenvalue weighted by atomic mass is 79.9. The van der Waals surface area contributed by atoms with E-state index in [2.05, 4.69) is 37.2 Å². The number of rotatable bonds is 8. The minimum Gasteiger partial charge on any atom is -0.507 e. The Kier molecular flexibility index (Phi) is 8.56. The summed E-state index contributed by atoms with van der Waals surface area (Å²) in [5.41, 5.74) is -0.971. The van der Waals surface area contributed by atoms with E-state index >= 15 is 0 Å². The summed E-state index contributed by atoms with van der Waals surface area (Å²) in [6, 6.07) is 7.26. The number of carbonyl (C=O) groups is 2. The van der Waals surface area contributed by atoms with E-state index in [1.54, 1.807) is 19.1 Å². The van der Waals surface area contributed by atoms with E-state index in [0.29, 0.717) is 20.3 Å². The summed E-state index contributed by atoms with van der Waals surface area (Å²) in [6.07, 6.45) is 0. The first-order valence-electron chi connectivity index (χ1n) is 9.51. The number of carbonyl (C=O) groups excluding carboxylic acids is 2. The molecule has 0 saturated heterocycles. The molecule has 0 saturated carbocycles. The van der Waals surface area contributed by atoms with Gasteiger partial charge in [0, 0.05) is 0 Å². The highest BCUT2D eigenvalue weighted by Gasteiger charge is 2.32. The SMILES string of the molecule is CCOC(=O)C(C)(C)NC(=O)c1cc(Oc2c(Br)cc(C(C)(O)[PH2]=O)cc2Br)ccc1O. The molecule has 8 nitrogen and oxygen atoms in total. The summed E-state index contributed by atoms with van der Waals surface area (Å²) in [6.45, 7) is 6.27. The minimum atomic E-state index is -1.48. The molecule has 0 aromatic heterocycles. The van der Waals surface area contributed by atoms with Crippen LogP contribution in [0, 0.1) is 0 Å². The average molecular weight is 593 g/mol. The predicted molar refractivity (Wildman–Crippen MR) is 128 cm³/mol. The van der Waals surface area contributed by atoms with Crippen molar-refractivity contribution in [1.29, 1.82) is 0 Å². The zero-order chi connectivity index (χ0) is 24.3. The largest absolute Gasteiger partial charge is 0.507 e. The lowest BCUT2D eigenvalue weighted by molar-refractivity contribution is -0.149. The molecular formula is C21H24Br2NO7P. The molecule has 2 aromatic rings. The fourth-order valence-electron chi connectivity index (χ4n) is 2.61. The van der Waals surface area contributed by atoms with Crippen LogP contribution in [0.15, 0.2) is 39.3 Å². The molecule has 174 valence electrons. The molecule has 32 heavy (non-hydrogen) atoms. The van der Waals surface area contributed by atoms with E-state index in [4.69, 9.17) is 9.47 Å². The van der Waals surface area contributed by atoms with Crippen molar-refractivity contribution >= 4 is 52.2 Å². The predicted octanol–water partition coefficient (Wildman–Crippen LogP) is 4.70. The van der Waals surface area contributed by atoms with Crippen LogP contribution >= 0.6 is 40.3 Å². The van der Waals surface area contributed by atoms with Crippen LogP contribution in [0.2, 0.25) is 0 Å². The lowest BCUT2D eigenvalue weighted by atomic mass is 10.0. The van der Waals surface area contributed by atoms with Crippen molar-refractivity contribution in [1.82, 2.24) is 5.32 Å². The summed E-state index contributed by atoms with van der Waals surface area (Å²) >= 11 is 6.74. The Morgan fingerprint density at radius 3 is 2.25 bits per heavy atom. The maximum absolute atomic E-state index is 12.7. The number of hydrogen-bond acceptors (Lipinski definition) is 7. The monoisotopic (exact) mass is 591 g/mol. The van der Waals surface area contributed by atoms with Gasteiger partial charge in [-0.3, -0.25) is 4.79 Å². The molecule has 2 aromatic carbocycles. The first kappa shape index (κ1) is 26.4. The van der Waals surface area contributed by atoms with Gasteiger partial charge in [0.15, 0.2) is 5.75 Å². The van der Waals surface area contributed by atoms with Gasteiger partial charge in [-0.15, -0.1) is 0 Å². The fraction of sp³-hybridized carbons (Fsp3) is 0.333. The lowest BCUT2D eigenvalue weighted by Crippen LogP contribution is -2.50. The number of amides is 1. The Bertz CT molecular complexity index is 1030. The first-order chi connectivity index (χ1) is 14.8. The zero-order valence-electron chi connectivity index (χ0n) is 17.9. The van der Waals surface area contributed by atoms with Gasteiger partial charge in [0.2, 0.25) is 0 Å². The van der Waals surface area contributed by atoms with Crippen LogP contribution in [-0.2, 0) is 19.4 Å². The third-order valence-electron chi connectivity index (χ3n) is 4.46. The number of nitrogens with one attached hydrogen (secondary N) is 1. The van der Waals surface area contributed by atoms with E-state index in [9.17, 15) is 24.4 Å². The summed E-state index contributed by atoms with van der Waals surface area (Å²) in [4.78, 5) is 24.8. The molecule has 2 unspecified atom stereocenters. The van der Waals surface area contributed by atoms with Gasteiger partial charge < -0.3 is 29.6 Å². The summed E-state index contributed by atoms with van der Waals surface area (Å²) in [5, 5.41) is 21.5. The highest BCUT2D eigenvalue weighted by Crippen LogP contribution is 2.42. The molecule has 0 heterocycles. The lowest BCUT2D eigenvalue weighted by Gasteiger charge is -2.24. The van der Waals surface area contributed by atoms with Crippen molar-refractivity contribution in [2.24, 2.45) is 0 Å². The Morgan fingerprint density at radius 2 is 1.72 bits per heavy atom. The van der Waals surface area contributed by atoms with Crippen molar-refractivity contribution in [2.45, 2.75) is 38.6 Å². The molecule has 0 radical (unpaired) electrons. The maximum Gasteiger partial charge on any atom is 0.331 e. The zero-order valence-corrected chi connectivity index (χ0v) is 22.2. The van der Waals surface area contributed by atoms with E-state index in [0.717, 1.165) is 0 Å². The van der Waals surface area contributed by atoms with Crippen molar-refractivity contribution < 1.29 is 33.8 Å². The maximum atomic E-state index is 12.7. The van der Waals surface area contributed by atoms with Gasteiger partial charge in [-0.1, -0.05) is 0 Å². The van der Waals surface area contributed by atoms with Gasteiger partial charge in [-0.25, -0.2) is 4.79 Å². The van der Waals surface area contributed by atoms with E-state index < -0.39 is 31.2 Å². The summed E-state index contributed by atoms with van der Waals surface area (Å²) < 4.78 is 23.1. The third-order valence-corrected chi connectivity index (χ3v) is 6.43. The number of phenols is 1. The molecule has 0 aliphatic carbocycles. The van der Waals surface area contributed by atoms with Crippen LogP contribution in [0.5, 0.6) is 17.2 Å². The van der Waals surface area contributed by atoms with Gasteiger partial charge in [0.05, 0.1) is 29.6 Å². The molecular weight excluding hydrogens is 569 g/mol. The van der Waals surface area contributed by atoms with Crippen molar-refractivity contribution in [3.05, 3.63) is 50.4 Å². The Hall–Kier alpha value is -1.87. The second kappa shape index (κ2) is 10.4. The number of phenolic OH excluding ortho intramolecular Hbond substituents is 1. The molecule has 1 amide bonds. The number of aliphatic hydroxyl groups is 1. The van der Waals surface area contributed by atoms with Crippen LogP contribution in [0.3, 0.4) is 0 Å². The number of hydrogen-bond donors (Lipinski definition) is 3. The fourth-order valence-corrected chi connectivity index (χ4v) is 4.26. The van der Waals surface area contributed by atoms with E-state index in [1.807, 2.05) is 0 Å². The van der Waals surface area contributed by atoms with Crippen molar-refractivity contribution in [2.75, 3.05) is 6.61 Å². The number of halogens is 2. The number of ether oxygens (including phenoxy) is 2. The highest BCUT2D eigenvalue weighted by molar-refractivity contribution is 9.11. The van der Waals surface area contributed by atoms with E-state index in [1.165, 1.54) is 39.0 Å². The molecule has 11 heteroatoms. The van der Waals surface area contributed by atoms with Crippen molar-refractivity contribution in [3.63, 3.8) is 0 Å². The summed E-state index contributed by atoms with van der Waals surface area (Å²) in [7, 11) is -1.48. The van der Waals surface area contributed by atoms with Crippen LogP contribution in [0.25, 0.3) is 0 Å². The topological polar surface area (TPSA) is 122 Å². The van der Waals surface area contributed by atoms with Gasteiger partial charge in [-0.05, 0) is 95.5 Å². The van der Waals surface area contributed by atoms with Crippen LogP contribution in [-0.4, -0.2) is 34.2 Å². The van der Waals surface area contributed by atoms with E-state index in [-0.39, 0.29) is 23.7 Å². The molecule has 0 aliphatic heterocycles. The van der Waals surface area contributed by atoms with Gasteiger partial charge in [0.1, 0.15) is 22.4 Å². The van der Waals surface area contributed by atoms with Crippen LogP contribution in [0.1, 0.15) is 43.6 Å². The number of benzene rings is 2. The van der Waals surface area contributed by atoms with Gasteiger partial charge >= 0.3 is 5.97 Å².